The van der Waals surface area contributed by atoms with E-state index in [1.165, 1.54) is 0 Å². The normalized spacial score (nSPS) is 29.2. The average Bonchev–Trinajstić information content (AvgIpc) is 3.33. The number of amides is 1. The number of halogens is 1. The largest absolute Gasteiger partial charge is 0.495 e. The highest BCUT2D eigenvalue weighted by Crippen LogP contribution is 2.51. The van der Waals surface area contributed by atoms with Gasteiger partial charge in [-0.05, 0) is 23.3 Å². The monoisotopic (exact) mass is 398 g/mol. The van der Waals surface area contributed by atoms with E-state index in [9.17, 15) is 4.79 Å². The van der Waals surface area contributed by atoms with Crippen LogP contribution in [0.15, 0.2) is 48.5 Å². The Morgan fingerprint density at radius 2 is 2.07 bits per heavy atom. The lowest BCUT2D eigenvalue weighted by molar-refractivity contribution is -0.138. The van der Waals surface area contributed by atoms with Crippen molar-refractivity contribution in [2.45, 2.75) is 37.2 Å². The minimum atomic E-state index is -0.492. The van der Waals surface area contributed by atoms with Crippen molar-refractivity contribution in [3.05, 3.63) is 64.7 Å². The molecule has 0 unspecified atom stereocenters. The summed E-state index contributed by atoms with van der Waals surface area (Å²) in [6, 6.07) is 16.2. The van der Waals surface area contributed by atoms with E-state index in [-0.39, 0.29) is 18.0 Å². The first kappa shape index (κ1) is 18.0. The van der Waals surface area contributed by atoms with Gasteiger partial charge in [0.1, 0.15) is 5.75 Å². The van der Waals surface area contributed by atoms with E-state index >= 15 is 0 Å². The maximum Gasteiger partial charge on any atom is 0.227 e. The van der Waals surface area contributed by atoms with Crippen LogP contribution in [0.1, 0.15) is 30.0 Å². The summed E-state index contributed by atoms with van der Waals surface area (Å²) in [7, 11) is 1.62. The summed E-state index contributed by atoms with van der Waals surface area (Å²) >= 11 is 6.29. The Morgan fingerprint density at radius 3 is 2.82 bits per heavy atom. The molecule has 5 rings (SSSR count). The highest BCUT2D eigenvalue weighted by Gasteiger charge is 2.64. The quantitative estimate of drug-likeness (QED) is 0.788. The van der Waals surface area contributed by atoms with Gasteiger partial charge in [-0.3, -0.25) is 9.69 Å². The number of hydrogen-bond donors (Lipinski definition) is 0. The molecule has 3 saturated heterocycles. The van der Waals surface area contributed by atoms with Crippen molar-refractivity contribution in [1.29, 1.82) is 0 Å². The van der Waals surface area contributed by atoms with Crippen molar-refractivity contribution in [2.75, 3.05) is 20.3 Å². The first-order valence-corrected chi connectivity index (χ1v) is 10.1. The van der Waals surface area contributed by atoms with Crippen molar-refractivity contribution >= 4 is 17.5 Å². The molecular weight excluding hydrogens is 376 g/mol. The van der Waals surface area contributed by atoms with Gasteiger partial charge < -0.3 is 14.4 Å². The van der Waals surface area contributed by atoms with E-state index in [4.69, 9.17) is 21.1 Å². The Balaban J connectivity index is 1.39. The molecule has 3 heterocycles. The summed E-state index contributed by atoms with van der Waals surface area (Å²) in [5.74, 6) is 0.865. The molecule has 0 radical (unpaired) electrons. The van der Waals surface area contributed by atoms with Crippen LogP contribution in [-0.4, -0.2) is 47.7 Å². The van der Waals surface area contributed by atoms with Crippen molar-refractivity contribution < 1.29 is 14.3 Å². The third kappa shape index (κ3) is 2.65. The fourth-order valence-electron chi connectivity index (χ4n) is 5.08. The molecule has 6 heteroatoms. The molecule has 0 aromatic heterocycles. The molecule has 146 valence electrons. The van der Waals surface area contributed by atoms with Crippen LogP contribution in [-0.2, 0) is 16.1 Å². The lowest BCUT2D eigenvalue weighted by Gasteiger charge is -2.33. The van der Waals surface area contributed by atoms with Gasteiger partial charge >= 0.3 is 0 Å². The Bertz CT molecular complexity index is 906. The zero-order chi connectivity index (χ0) is 19.3. The molecule has 0 bridgehead atoms. The van der Waals surface area contributed by atoms with Crippen LogP contribution in [0.25, 0.3) is 0 Å². The van der Waals surface area contributed by atoms with Gasteiger partial charge in [0.05, 0.1) is 30.8 Å². The minimum absolute atomic E-state index is 0.00841. The molecule has 28 heavy (non-hydrogen) atoms. The highest BCUT2D eigenvalue weighted by atomic mass is 35.5. The molecule has 3 fully saturated rings. The Hall–Kier alpha value is -2.08. The number of nitrogens with zero attached hydrogens (tertiary/aromatic N) is 2. The van der Waals surface area contributed by atoms with Crippen LogP contribution in [0, 0.1) is 0 Å². The van der Waals surface area contributed by atoms with E-state index < -0.39 is 5.72 Å². The second-order valence-electron chi connectivity index (χ2n) is 7.76. The summed E-state index contributed by atoms with van der Waals surface area (Å²) in [6.45, 7) is 2.21. The van der Waals surface area contributed by atoms with Gasteiger partial charge in [-0.2, -0.15) is 0 Å². The second-order valence-corrected chi connectivity index (χ2v) is 8.16. The summed E-state index contributed by atoms with van der Waals surface area (Å²) in [5, 5.41) is 0.610. The van der Waals surface area contributed by atoms with E-state index in [0.29, 0.717) is 23.8 Å². The van der Waals surface area contributed by atoms with E-state index in [1.54, 1.807) is 7.11 Å². The van der Waals surface area contributed by atoms with Gasteiger partial charge in [0.25, 0.3) is 0 Å². The second kappa shape index (κ2) is 6.76. The van der Waals surface area contributed by atoms with Crippen LogP contribution in [0.3, 0.4) is 0 Å². The molecular formula is C22H23ClN2O3. The number of methoxy groups -OCH3 is 1. The standard InChI is InChI=1S/C22H23ClN2O3/c1-27-19-8-7-15(11-17(19)23)13-24-10-9-22-20(24)12-21(26)25(22)18(14-28-22)16-5-3-2-4-6-16/h2-8,11,18,20H,9-10,12-14H2,1H3/t18-,20+,22-/m0/s1. The van der Waals surface area contributed by atoms with Crippen molar-refractivity contribution in [2.24, 2.45) is 0 Å². The predicted octanol–water partition coefficient (Wildman–Crippen LogP) is 3.62. The summed E-state index contributed by atoms with van der Waals surface area (Å²) in [4.78, 5) is 17.4. The highest BCUT2D eigenvalue weighted by molar-refractivity contribution is 6.32. The Morgan fingerprint density at radius 1 is 1.25 bits per heavy atom. The van der Waals surface area contributed by atoms with Crippen molar-refractivity contribution in [1.82, 2.24) is 9.80 Å². The maximum atomic E-state index is 13.0. The molecule has 2 aromatic carbocycles. The third-order valence-electron chi connectivity index (χ3n) is 6.35. The average molecular weight is 399 g/mol. The van der Waals surface area contributed by atoms with E-state index in [2.05, 4.69) is 17.0 Å². The topological polar surface area (TPSA) is 42.0 Å². The number of carbonyl (C=O) groups excluding carboxylic acids is 1. The first-order chi connectivity index (χ1) is 13.6. The molecule has 1 spiro atoms. The fraction of sp³-hybridized carbons (Fsp3) is 0.409. The number of likely N-dealkylation sites (tertiary alicyclic amines) is 1. The molecule has 3 aliphatic rings. The summed E-state index contributed by atoms with van der Waals surface area (Å²) in [5.41, 5.74) is 1.77. The summed E-state index contributed by atoms with van der Waals surface area (Å²) in [6.07, 6.45) is 1.35. The van der Waals surface area contributed by atoms with Gasteiger partial charge in [0.2, 0.25) is 5.91 Å². The fourth-order valence-corrected chi connectivity index (χ4v) is 5.36. The number of benzene rings is 2. The van der Waals surface area contributed by atoms with Crippen LogP contribution in [0.5, 0.6) is 5.75 Å². The Kier molecular flexibility index (Phi) is 4.34. The van der Waals surface area contributed by atoms with E-state index in [1.807, 2.05) is 41.3 Å². The molecule has 0 N–H and O–H groups in total. The van der Waals surface area contributed by atoms with Crippen LogP contribution in [0.2, 0.25) is 5.02 Å². The SMILES string of the molecule is COc1ccc(CN2CC[C@@]34OC[C@@H](c5ccccc5)N3C(=O)C[C@@H]24)cc1Cl. The zero-order valence-corrected chi connectivity index (χ0v) is 16.6. The van der Waals surface area contributed by atoms with Gasteiger partial charge in [-0.1, -0.05) is 48.0 Å². The number of hydrogen-bond acceptors (Lipinski definition) is 4. The maximum absolute atomic E-state index is 13.0. The molecule has 3 aliphatic heterocycles. The number of carbonyl (C=O) groups is 1. The van der Waals surface area contributed by atoms with Crippen LogP contribution < -0.4 is 4.74 Å². The lowest BCUT2D eigenvalue weighted by Crippen LogP contribution is -2.48. The van der Waals surface area contributed by atoms with Gasteiger partial charge in [0, 0.05) is 25.9 Å². The van der Waals surface area contributed by atoms with Crippen LogP contribution >= 0.6 is 11.6 Å². The molecule has 3 atom stereocenters. The van der Waals surface area contributed by atoms with Crippen molar-refractivity contribution in [3.8, 4) is 5.75 Å². The molecule has 2 aromatic rings. The number of rotatable bonds is 4. The molecule has 0 saturated carbocycles. The Labute approximate surface area is 169 Å². The molecule has 1 amide bonds. The zero-order valence-electron chi connectivity index (χ0n) is 15.8. The molecule has 0 aliphatic carbocycles. The lowest BCUT2D eigenvalue weighted by atomic mass is 10.0. The van der Waals surface area contributed by atoms with E-state index in [0.717, 1.165) is 30.6 Å². The van der Waals surface area contributed by atoms with Gasteiger partial charge in [0.15, 0.2) is 5.72 Å². The number of ether oxygens (including phenoxy) is 2. The van der Waals surface area contributed by atoms with Gasteiger partial charge in [-0.15, -0.1) is 0 Å². The minimum Gasteiger partial charge on any atom is -0.495 e. The van der Waals surface area contributed by atoms with Crippen LogP contribution in [0.4, 0.5) is 0 Å². The third-order valence-corrected chi connectivity index (χ3v) is 6.65. The smallest absolute Gasteiger partial charge is 0.227 e. The first-order valence-electron chi connectivity index (χ1n) is 9.70. The summed E-state index contributed by atoms with van der Waals surface area (Å²) < 4.78 is 11.6. The predicted molar refractivity (Wildman–Crippen MR) is 106 cm³/mol. The molecule has 5 nitrogen and oxygen atoms in total. The van der Waals surface area contributed by atoms with Gasteiger partial charge in [-0.25, -0.2) is 0 Å². The van der Waals surface area contributed by atoms with Crippen molar-refractivity contribution in [3.63, 3.8) is 0 Å².